The molecule has 0 aliphatic carbocycles. The van der Waals surface area contributed by atoms with Crippen LogP contribution in [0.1, 0.15) is 79.0 Å². The van der Waals surface area contributed by atoms with E-state index in [9.17, 15) is 5.11 Å². The Hall–Kier alpha value is -3.82. The number of hydrogen-bond donors (Lipinski definition) is 1. The van der Waals surface area contributed by atoms with Gasteiger partial charge in [-0.3, -0.25) is 4.98 Å². The van der Waals surface area contributed by atoms with Gasteiger partial charge in [-0.1, -0.05) is 105 Å². The number of benzene rings is 3. The predicted molar refractivity (Wildman–Crippen MR) is 179 cm³/mol. The number of aromatic hydroxyl groups is 1. The number of aromatic nitrogens is 3. The second kappa shape index (κ2) is 12.9. The van der Waals surface area contributed by atoms with Gasteiger partial charge in [0.05, 0.1) is 11.3 Å². The summed E-state index contributed by atoms with van der Waals surface area (Å²) in [5, 5.41) is 10.8. The van der Waals surface area contributed by atoms with Crippen LogP contribution in [0, 0.1) is 6.07 Å². The number of rotatable bonds is 5. The smallest absolute Gasteiger partial charge is 0.217 e. The summed E-state index contributed by atoms with van der Waals surface area (Å²) in [5.74, 6) is 1.62. The Morgan fingerprint density at radius 1 is 0.644 bits per heavy atom. The van der Waals surface area contributed by atoms with Gasteiger partial charge in [0.25, 0.3) is 0 Å². The molecule has 0 aliphatic heterocycles. The second-order valence-corrected chi connectivity index (χ2v) is 14.4. The van der Waals surface area contributed by atoms with Crippen molar-refractivity contribution in [3.05, 3.63) is 108 Å². The molecule has 5 rings (SSSR count). The molecule has 3 aromatic carbocycles. The van der Waals surface area contributed by atoms with Gasteiger partial charge in [-0.2, -0.15) is 0 Å². The Kier molecular flexibility index (Phi) is 9.75. The Bertz CT molecular complexity index is 1760. The zero-order valence-corrected chi connectivity index (χ0v) is 29.9. The number of hydrogen-bond acceptors (Lipinski definition) is 5. The third-order valence-corrected chi connectivity index (χ3v) is 7.67. The van der Waals surface area contributed by atoms with Gasteiger partial charge in [0.1, 0.15) is 5.75 Å². The molecule has 45 heavy (non-hydrogen) atoms. The molecule has 0 aliphatic rings. The Labute approximate surface area is 282 Å². The van der Waals surface area contributed by atoms with Crippen LogP contribution in [0.25, 0.3) is 33.9 Å². The maximum atomic E-state index is 10.8. The van der Waals surface area contributed by atoms with E-state index in [1.807, 2.05) is 42.5 Å². The summed E-state index contributed by atoms with van der Waals surface area (Å²) in [5.41, 5.74) is 7.06. The summed E-state index contributed by atoms with van der Waals surface area (Å²) < 4.78 is 6.18. The van der Waals surface area contributed by atoms with E-state index in [1.54, 1.807) is 18.3 Å². The summed E-state index contributed by atoms with van der Waals surface area (Å²) in [7, 11) is 0. The summed E-state index contributed by atoms with van der Waals surface area (Å²) in [6.07, 6.45) is 1.71. The van der Waals surface area contributed by atoms with Gasteiger partial charge in [0, 0.05) is 44.6 Å². The van der Waals surface area contributed by atoms with E-state index in [0.29, 0.717) is 28.7 Å². The first-order chi connectivity index (χ1) is 20.6. The fraction of sp³-hybridized carbons (Fsp3) is 0.308. The average Bonchev–Trinajstić information content (AvgIpc) is 2.96. The fourth-order valence-electron chi connectivity index (χ4n) is 4.85. The Balaban J connectivity index is 0.00000461. The van der Waals surface area contributed by atoms with Crippen molar-refractivity contribution in [1.82, 2.24) is 15.0 Å². The van der Waals surface area contributed by atoms with Crippen LogP contribution >= 0.6 is 0 Å². The van der Waals surface area contributed by atoms with Crippen LogP contribution in [0.15, 0.2) is 85.1 Å². The van der Waals surface area contributed by atoms with Crippen molar-refractivity contribution in [2.45, 2.75) is 78.6 Å². The first kappa shape index (κ1) is 34.1. The third kappa shape index (κ3) is 8.07. The van der Waals surface area contributed by atoms with Crippen LogP contribution in [-0.2, 0) is 37.3 Å². The number of pyridine rings is 1. The minimum atomic E-state index is -0.162. The SMILES string of the molecule is CC(C)(C)c1cc(Oc2ccccn2)[c-]c(-c2cc(-c3cc(C(C)(C)C)cc(C(C)(C)C)c3)nc(-c3ccccc3O)n2)c1.[Pt]. The molecule has 5 aromatic rings. The molecule has 0 saturated heterocycles. The van der Waals surface area contributed by atoms with Gasteiger partial charge in [-0.15, -0.1) is 17.2 Å². The second-order valence-electron chi connectivity index (χ2n) is 14.4. The quantitative estimate of drug-likeness (QED) is 0.180. The molecule has 0 unspecified atom stereocenters. The predicted octanol–water partition coefficient (Wildman–Crippen LogP) is 10.1. The maximum absolute atomic E-state index is 10.8. The van der Waals surface area contributed by atoms with E-state index in [1.165, 1.54) is 11.1 Å². The molecule has 6 heteroatoms. The largest absolute Gasteiger partial charge is 0.507 e. The van der Waals surface area contributed by atoms with Crippen molar-refractivity contribution in [1.29, 1.82) is 0 Å². The molecule has 0 spiro atoms. The van der Waals surface area contributed by atoms with Crippen molar-refractivity contribution in [2.75, 3.05) is 0 Å². The van der Waals surface area contributed by atoms with Crippen molar-refractivity contribution >= 4 is 0 Å². The van der Waals surface area contributed by atoms with Crippen molar-refractivity contribution in [3.63, 3.8) is 0 Å². The number of phenols is 1. The minimum Gasteiger partial charge on any atom is -0.507 e. The van der Waals surface area contributed by atoms with Crippen LogP contribution in [-0.4, -0.2) is 20.1 Å². The van der Waals surface area contributed by atoms with Gasteiger partial charge in [-0.25, -0.2) is 9.97 Å². The van der Waals surface area contributed by atoms with E-state index in [-0.39, 0.29) is 43.1 Å². The summed E-state index contributed by atoms with van der Waals surface area (Å²) >= 11 is 0. The van der Waals surface area contributed by atoms with Crippen molar-refractivity contribution < 1.29 is 30.9 Å². The van der Waals surface area contributed by atoms with Crippen LogP contribution < -0.4 is 4.74 Å². The zero-order valence-electron chi connectivity index (χ0n) is 27.6. The van der Waals surface area contributed by atoms with E-state index in [2.05, 4.69) is 97.6 Å². The van der Waals surface area contributed by atoms with Gasteiger partial charge in [0.15, 0.2) is 5.82 Å². The van der Waals surface area contributed by atoms with Gasteiger partial charge in [0.2, 0.25) is 5.88 Å². The van der Waals surface area contributed by atoms with Crippen molar-refractivity contribution in [2.24, 2.45) is 0 Å². The molecular formula is C39H42N3O2Pt-. The number of phenolic OH excluding ortho intramolecular Hbond substituents is 1. The third-order valence-electron chi connectivity index (χ3n) is 7.67. The molecule has 2 aromatic heterocycles. The van der Waals surface area contributed by atoms with E-state index in [0.717, 1.165) is 22.4 Å². The maximum Gasteiger partial charge on any atom is 0.217 e. The number of ether oxygens (including phenoxy) is 1. The monoisotopic (exact) mass is 779 g/mol. The van der Waals surface area contributed by atoms with E-state index in [4.69, 9.17) is 14.7 Å². The van der Waals surface area contributed by atoms with E-state index < -0.39 is 0 Å². The molecule has 0 atom stereocenters. The fourth-order valence-corrected chi connectivity index (χ4v) is 4.85. The van der Waals surface area contributed by atoms with Gasteiger partial charge in [-0.05, 0) is 63.4 Å². The molecule has 236 valence electrons. The summed E-state index contributed by atoms with van der Waals surface area (Å²) in [4.78, 5) is 14.4. The van der Waals surface area contributed by atoms with Gasteiger partial charge < -0.3 is 9.84 Å². The van der Waals surface area contributed by atoms with Crippen LogP contribution in [0.3, 0.4) is 0 Å². The van der Waals surface area contributed by atoms with E-state index >= 15 is 0 Å². The number of para-hydroxylation sites is 1. The molecule has 0 fully saturated rings. The van der Waals surface area contributed by atoms with Crippen molar-refractivity contribution in [3.8, 4) is 51.3 Å². The molecule has 0 radical (unpaired) electrons. The van der Waals surface area contributed by atoms with Crippen LogP contribution in [0.5, 0.6) is 17.4 Å². The average molecular weight is 780 g/mol. The normalized spacial score (nSPS) is 12.0. The standard InChI is InChI=1S/C39H42N3O2.Pt/c1-37(2,3)27-18-25(19-28(22-27)38(4,5)6)32-24-33(42-36(41-32)31-14-10-11-15-34(31)43)26-20-29(39(7,8)9)23-30(21-26)44-35-16-12-13-17-40-35;/h10-20,22-24,43H,1-9H3;/q-1;. The molecular weight excluding hydrogens is 738 g/mol. The molecule has 1 N–H and O–H groups in total. The first-order valence-electron chi connectivity index (χ1n) is 15.1. The molecule has 2 heterocycles. The topological polar surface area (TPSA) is 68.1 Å². The van der Waals surface area contributed by atoms with Crippen LogP contribution in [0.2, 0.25) is 0 Å². The first-order valence-corrected chi connectivity index (χ1v) is 15.1. The van der Waals surface area contributed by atoms with Gasteiger partial charge >= 0.3 is 0 Å². The summed E-state index contributed by atoms with van der Waals surface area (Å²) in [6, 6.07) is 29.1. The molecule has 0 amide bonds. The minimum absolute atomic E-state index is 0. The molecule has 5 nitrogen and oxygen atoms in total. The molecule has 0 saturated carbocycles. The number of nitrogens with zero attached hydrogens (tertiary/aromatic N) is 3. The molecule has 0 bridgehead atoms. The Morgan fingerprint density at radius 2 is 1.22 bits per heavy atom. The van der Waals surface area contributed by atoms with Crippen LogP contribution in [0.4, 0.5) is 0 Å². The Morgan fingerprint density at radius 3 is 1.80 bits per heavy atom. The zero-order chi connectivity index (χ0) is 31.9. The summed E-state index contributed by atoms with van der Waals surface area (Å²) in [6.45, 7) is 19.9.